The standard InChI is InChI=1S/C22H20ClF3N4O/c1-12-7-13(2)9-16(8-12)27-21(31)18-11-20-28-17(14-3-5-15(23)6-4-14)10-19(22(24,25)26)30(20)29-18/h3-9,11,17,19,28H,10H2,1-2H3,(H,27,31)/t17-,19+/m1/s1. The largest absolute Gasteiger partial charge is 0.410 e. The molecule has 0 bridgehead atoms. The van der Waals surface area contributed by atoms with Gasteiger partial charge in [-0.05, 0) is 54.8 Å². The van der Waals surface area contributed by atoms with Crippen LogP contribution in [0.25, 0.3) is 0 Å². The highest BCUT2D eigenvalue weighted by molar-refractivity contribution is 6.30. The van der Waals surface area contributed by atoms with Gasteiger partial charge in [0.25, 0.3) is 5.91 Å². The third kappa shape index (κ3) is 4.54. The second-order valence-electron chi connectivity index (χ2n) is 7.73. The first-order valence-electron chi connectivity index (χ1n) is 9.68. The molecule has 0 radical (unpaired) electrons. The van der Waals surface area contributed by atoms with Crippen molar-refractivity contribution in [3.05, 3.63) is 75.9 Å². The maximum atomic E-state index is 13.8. The Balaban J connectivity index is 1.64. The number of amides is 1. The Hall–Kier alpha value is -3.00. The van der Waals surface area contributed by atoms with Crippen molar-refractivity contribution < 1.29 is 18.0 Å². The van der Waals surface area contributed by atoms with Crippen LogP contribution in [-0.4, -0.2) is 21.9 Å². The van der Waals surface area contributed by atoms with Crippen molar-refractivity contribution >= 4 is 29.0 Å². The van der Waals surface area contributed by atoms with Gasteiger partial charge in [-0.25, -0.2) is 4.68 Å². The molecule has 0 saturated heterocycles. The van der Waals surface area contributed by atoms with E-state index in [1.165, 1.54) is 6.07 Å². The molecule has 1 aromatic heterocycles. The lowest BCUT2D eigenvalue weighted by Gasteiger charge is -2.33. The SMILES string of the molecule is Cc1cc(C)cc(NC(=O)c2cc3n(n2)[C@H](C(F)(F)F)C[C@H](c2ccc(Cl)cc2)N3)c1. The Morgan fingerprint density at radius 3 is 2.39 bits per heavy atom. The number of anilines is 2. The number of hydrogen-bond donors (Lipinski definition) is 2. The van der Waals surface area contributed by atoms with Gasteiger partial charge in [0.1, 0.15) is 5.82 Å². The topological polar surface area (TPSA) is 59.0 Å². The van der Waals surface area contributed by atoms with Crippen LogP contribution in [0.3, 0.4) is 0 Å². The van der Waals surface area contributed by atoms with Crippen LogP contribution in [0.1, 0.15) is 45.7 Å². The van der Waals surface area contributed by atoms with Gasteiger partial charge in [-0.2, -0.15) is 18.3 Å². The Kier molecular flexibility index (Phi) is 5.43. The van der Waals surface area contributed by atoms with Gasteiger partial charge in [0.2, 0.25) is 0 Å². The number of rotatable bonds is 3. The highest BCUT2D eigenvalue weighted by Crippen LogP contribution is 2.43. The molecule has 5 nitrogen and oxygen atoms in total. The summed E-state index contributed by atoms with van der Waals surface area (Å²) in [6.07, 6.45) is -4.77. The van der Waals surface area contributed by atoms with E-state index in [0.717, 1.165) is 15.8 Å². The quantitative estimate of drug-likeness (QED) is 0.511. The number of benzene rings is 2. The maximum Gasteiger partial charge on any atom is 0.410 e. The number of alkyl halides is 3. The molecular weight excluding hydrogens is 429 g/mol. The van der Waals surface area contributed by atoms with Crippen molar-refractivity contribution in [3.8, 4) is 0 Å². The van der Waals surface area contributed by atoms with Crippen LogP contribution < -0.4 is 10.6 Å². The van der Waals surface area contributed by atoms with Gasteiger partial charge >= 0.3 is 6.18 Å². The molecule has 162 valence electrons. The van der Waals surface area contributed by atoms with Gasteiger partial charge in [-0.1, -0.05) is 29.8 Å². The molecular formula is C22H20ClF3N4O. The summed E-state index contributed by atoms with van der Waals surface area (Å²) in [4.78, 5) is 12.7. The average Bonchev–Trinajstić information content (AvgIpc) is 3.10. The van der Waals surface area contributed by atoms with Crippen molar-refractivity contribution in [1.29, 1.82) is 0 Å². The first kappa shape index (κ1) is 21.2. The van der Waals surface area contributed by atoms with Crippen LogP contribution in [-0.2, 0) is 0 Å². The minimum absolute atomic E-state index is 0.0901. The summed E-state index contributed by atoms with van der Waals surface area (Å²) in [7, 11) is 0. The number of aromatic nitrogens is 2. The Bertz CT molecular complexity index is 1100. The van der Waals surface area contributed by atoms with E-state index >= 15 is 0 Å². The summed E-state index contributed by atoms with van der Waals surface area (Å²) in [6.45, 7) is 3.79. The minimum Gasteiger partial charge on any atom is -0.363 e. The van der Waals surface area contributed by atoms with Crippen LogP contribution in [0.15, 0.2) is 48.5 Å². The molecule has 2 aromatic carbocycles. The van der Waals surface area contributed by atoms with E-state index in [9.17, 15) is 18.0 Å². The fourth-order valence-electron chi connectivity index (χ4n) is 3.84. The van der Waals surface area contributed by atoms with Gasteiger partial charge in [0.05, 0.1) is 6.04 Å². The first-order chi connectivity index (χ1) is 14.6. The molecule has 0 spiro atoms. The molecule has 2 N–H and O–H groups in total. The average molecular weight is 449 g/mol. The Labute approximate surface area is 182 Å². The number of nitrogens with zero attached hydrogens (tertiary/aromatic N) is 2. The summed E-state index contributed by atoms with van der Waals surface area (Å²) in [5.41, 5.74) is 3.07. The van der Waals surface area contributed by atoms with Gasteiger partial charge in [0, 0.05) is 23.2 Å². The molecule has 2 heterocycles. The lowest BCUT2D eigenvalue weighted by atomic mass is 9.97. The number of hydrogen-bond acceptors (Lipinski definition) is 3. The lowest BCUT2D eigenvalue weighted by Crippen LogP contribution is -2.35. The highest BCUT2D eigenvalue weighted by atomic mass is 35.5. The van der Waals surface area contributed by atoms with Crippen LogP contribution in [0.2, 0.25) is 5.02 Å². The maximum absolute atomic E-state index is 13.8. The predicted octanol–water partition coefficient (Wildman–Crippen LogP) is 6.07. The van der Waals surface area contributed by atoms with E-state index in [-0.39, 0.29) is 17.9 Å². The molecule has 0 aliphatic carbocycles. The lowest BCUT2D eigenvalue weighted by molar-refractivity contribution is -0.173. The monoisotopic (exact) mass is 448 g/mol. The molecule has 0 unspecified atom stereocenters. The Morgan fingerprint density at radius 1 is 1.13 bits per heavy atom. The highest BCUT2D eigenvalue weighted by Gasteiger charge is 2.46. The van der Waals surface area contributed by atoms with E-state index in [1.54, 1.807) is 36.4 Å². The first-order valence-corrected chi connectivity index (χ1v) is 10.1. The van der Waals surface area contributed by atoms with Gasteiger partial charge in [0.15, 0.2) is 11.7 Å². The molecule has 4 rings (SSSR count). The van der Waals surface area contributed by atoms with Crippen molar-refractivity contribution in [2.24, 2.45) is 0 Å². The molecule has 3 aromatic rings. The summed E-state index contributed by atoms with van der Waals surface area (Å²) in [5.74, 6) is -0.434. The van der Waals surface area contributed by atoms with Crippen molar-refractivity contribution in [3.63, 3.8) is 0 Å². The molecule has 1 amide bonds. The minimum atomic E-state index is -4.52. The molecule has 2 atom stereocenters. The van der Waals surface area contributed by atoms with E-state index in [0.29, 0.717) is 16.3 Å². The zero-order valence-corrected chi connectivity index (χ0v) is 17.6. The molecule has 1 aliphatic rings. The molecule has 31 heavy (non-hydrogen) atoms. The van der Waals surface area contributed by atoms with Crippen molar-refractivity contribution in [2.75, 3.05) is 10.6 Å². The smallest absolute Gasteiger partial charge is 0.363 e. The number of nitrogens with one attached hydrogen (secondary N) is 2. The van der Waals surface area contributed by atoms with Crippen LogP contribution in [0, 0.1) is 13.8 Å². The molecule has 1 aliphatic heterocycles. The fourth-order valence-corrected chi connectivity index (χ4v) is 3.97. The van der Waals surface area contributed by atoms with Crippen LogP contribution in [0.4, 0.5) is 24.7 Å². The van der Waals surface area contributed by atoms with Gasteiger partial charge < -0.3 is 10.6 Å². The molecule has 9 heteroatoms. The number of fused-ring (bicyclic) bond motifs is 1. The summed E-state index contributed by atoms with van der Waals surface area (Å²) in [6, 6.07) is 11.1. The summed E-state index contributed by atoms with van der Waals surface area (Å²) < 4.78 is 42.3. The fraction of sp³-hybridized carbons (Fsp3) is 0.273. The summed E-state index contributed by atoms with van der Waals surface area (Å²) >= 11 is 5.90. The van der Waals surface area contributed by atoms with E-state index in [2.05, 4.69) is 15.7 Å². The third-order valence-electron chi connectivity index (χ3n) is 5.17. The van der Waals surface area contributed by atoms with E-state index < -0.39 is 24.2 Å². The zero-order valence-electron chi connectivity index (χ0n) is 16.8. The number of carbonyl (C=O) groups excluding carboxylic acids is 1. The number of halogens is 4. The predicted molar refractivity (Wildman–Crippen MR) is 114 cm³/mol. The van der Waals surface area contributed by atoms with Crippen molar-refractivity contribution in [1.82, 2.24) is 9.78 Å². The summed E-state index contributed by atoms with van der Waals surface area (Å²) in [5, 5.41) is 10.3. The second kappa shape index (κ2) is 7.92. The van der Waals surface area contributed by atoms with E-state index in [1.807, 2.05) is 19.9 Å². The number of carbonyl (C=O) groups is 1. The number of aryl methyl sites for hydroxylation is 2. The Morgan fingerprint density at radius 2 is 1.77 bits per heavy atom. The van der Waals surface area contributed by atoms with Gasteiger partial charge in [-0.3, -0.25) is 4.79 Å². The zero-order chi connectivity index (χ0) is 22.3. The molecule has 0 fully saturated rings. The van der Waals surface area contributed by atoms with Crippen LogP contribution >= 0.6 is 11.6 Å². The second-order valence-corrected chi connectivity index (χ2v) is 8.17. The molecule has 0 saturated carbocycles. The van der Waals surface area contributed by atoms with Gasteiger partial charge in [-0.15, -0.1) is 0 Å². The van der Waals surface area contributed by atoms with E-state index in [4.69, 9.17) is 11.6 Å². The third-order valence-corrected chi connectivity index (χ3v) is 5.43. The van der Waals surface area contributed by atoms with Crippen molar-refractivity contribution in [2.45, 2.75) is 38.5 Å². The van der Waals surface area contributed by atoms with Crippen LogP contribution in [0.5, 0.6) is 0 Å². The normalized spacial score (nSPS) is 18.3.